The molecule has 0 aliphatic carbocycles. The fraction of sp³-hybridized carbons (Fsp3) is 0.857. The Balaban J connectivity index is -0.000000142. The number of carbonyl (C=O) groups is 1. The van der Waals surface area contributed by atoms with Crippen LogP contribution in [0.15, 0.2) is 0 Å². The Kier molecular flexibility index (Phi) is 20.8. The van der Waals surface area contributed by atoms with Crippen molar-refractivity contribution in [2.45, 2.75) is 20.8 Å². The van der Waals surface area contributed by atoms with Crippen molar-refractivity contribution < 1.29 is 15.0 Å². The summed E-state index contributed by atoms with van der Waals surface area (Å²) in [5.74, 6) is 0. The van der Waals surface area contributed by atoms with Crippen molar-refractivity contribution in [1.82, 2.24) is 4.90 Å². The molecule has 0 atom stereocenters. The summed E-state index contributed by atoms with van der Waals surface area (Å²) in [5.41, 5.74) is 0. The van der Waals surface area contributed by atoms with Gasteiger partial charge in [-0.25, -0.2) is 4.79 Å². The van der Waals surface area contributed by atoms with Crippen molar-refractivity contribution in [3.63, 3.8) is 0 Å². The van der Waals surface area contributed by atoms with Gasteiger partial charge in [0.05, 0.1) is 0 Å². The van der Waals surface area contributed by atoms with E-state index in [9.17, 15) is 0 Å². The van der Waals surface area contributed by atoms with Crippen LogP contribution in [0.5, 0.6) is 0 Å². The van der Waals surface area contributed by atoms with Gasteiger partial charge < -0.3 is 15.1 Å². The van der Waals surface area contributed by atoms with Crippen LogP contribution >= 0.6 is 0 Å². The van der Waals surface area contributed by atoms with Crippen LogP contribution in [-0.2, 0) is 0 Å². The molecule has 0 radical (unpaired) electrons. The monoisotopic (exact) mass is 187 g/mol. The second-order valence-corrected chi connectivity index (χ2v) is 1.90. The number of rotatable bonds is 3. The normalized spacial score (nSPS) is 8.00. The SMILES string of the molecule is CCN(CC)CC.O=C(O)O.[NaH]. The molecule has 0 aliphatic heterocycles. The minimum absolute atomic E-state index is 0. The zero-order valence-corrected chi connectivity index (χ0v) is 7.37. The van der Waals surface area contributed by atoms with E-state index in [0.29, 0.717) is 0 Å². The zero-order valence-electron chi connectivity index (χ0n) is 7.37. The van der Waals surface area contributed by atoms with E-state index < -0.39 is 6.16 Å². The molecule has 0 spiro atoms. The summed E-state index contributed by atoms with van der Waals surface area (Å²) in [6.07, 6.45) is -1.83. The average Bonchev–Trinajstić information content (AvgIpc) is 1.90. The second kappa shape index (κ2) is 13.8. The molecule has 12 heavy (non-hydrogen) atoms. The third-order valence-corrected chi connectivity index (χ3v) is 1.34. The third-order valence-electron chi connectivity index (χ3n) is 1.34. The summed E-state index contributed by atoms with van der Waals surface area (Å²) in [6, 6.07) is 0. The van der Waals surface area contributed by atoms with Gasteiger partial charge in [-0.15, -0.1) is 0 Å². The molecule has 0 amide bonds. The molecule has 70 valence electrons. The van der Waals surface area contributed by atoms with E-state index in [0.717, 1.165) is 0 Å². The molecule has 0 bridgehead atoms. The Morgan fingerprint density at radius 2 is 1.25 bits per heavy atom. The van der Waals surface area contributed by atoms with Crippen LogP contribution in [0.2, 0.25) is 0 Å². The van der Waals surface area contributed by atoms with Crippen LogP contribution in [0.3, 0.4) is 0 Å². The van der Waals surface area contributed by atoms with Gasteiger partial charge in [0.2, 0.25) is 0 Å². The Morgan fingerprint density at radius 1 is 1.08 bits per heavy atom. The first-order valence-corrected chi connectivity index (χ1v) is 3.72. The molecule has 4 nitrogen and oxygen atoms in total. The molecule has 0 saturated carbocycles. The number of carboxylic acid groups (broad SMARTS) is 2. The second-order valence-electron chi connectivity index (χ2n) is 1.90. The summed E-state index contributed by atoms with van der Waals surface area (Å²) < 4.78 is 0. The van der Waals surface area contributed by atoms with Gasteiger partial charge in [-0.1, -0.05) is 20.8 Å². The van der Waals surface area contributed by atoms with Gasteiger partial charge in [-0.3, -0.25) is 0 Å². The standard InChI is InChI=1S/C6H15N.CH2O3.Na.H/c1-4-7(5-2)6-3;2-1(3)4;;/h4-6H2,1-3H3;(H2,2,3,4);;. The summed E-state index contributed by atoms with van der Waals surface area (Å²) in [7, 11) is 0. The molecule has 0 unspecified atom stereocenters. The molecule has 0 heterocycles. The fourth-order valence-electron chi connectivity index (χ4n) is 0.671. The number of nitrogens with zero attached hydrogens (tertiary/aromatic N) is 1. The maximum atomic E-state index is 8.56. The van der Waals surface area contributed by atoms with Crippen LogP contribution in [-0.4, -0.2) is 70.5 Å². The van der Waals surface area contributed by atoms with Gasteiger partial charge in [0.25, 0.3) is 0 Å². The Morgan fingerprint density at radius 3 is 1.25 bits per heavy atom. The van der Waals surface area contributed by atoms with Crippen molar-refractivity contribution >= 4 is 35.7 Å². The van der Waals surface area contributed by atoms with Crippen LogP contribution in [0.4, 0.5) is 4.79 Å². The summed E-state index contributed by atoms with van der Waals surface area (Å²) in [6.45, 7) is 10.1. The Labute approximate surface area is 95.9 Å². The van der Waals surface area contributed by atoms with Crippen LogP contribution in [0, 0.1) is 0 Å². The summed E-state index contributed by atoms with van der Waals surface area (Å²) in [5, 5.41) is 13.9. The van der Waals surface area contributed by atoms with Crippen molar-refractivity contribution in [2.75, 3.05) is 19.6 Å². The first kappa shape index (κ1) is 18.1. The van der Waals surface area contributed by atoms with Crippen LogP contribution in [0.1, 0.15) is 20.8 Å². The van der Waals surface area contributed by atoms with Gasteiger partial charge in [0.1, 0.15) is 0 Å². The van der Waals surface area contributed by atoms with Crippen LogP contribution in [0.25, 0.3) is 0 Å². The van der Waals surface area contributed by atoms with E-state index in [1.165, 1.54) is 19.6 Å². The van der Waals surface area contributed by atoms with Gasteiger partial charge >= 0.3 is 35.7 Å². The molecule has 2 N–H and O–H groups in total. The zero-order chi connectivity index (χ0) is 9.28. The molecule has 0 aliphatic rings. The van der Waals surface area contributed by atoms with Gasteiger partial charge in [-0.05, 0) is 19.6 Å². The van der Waals surface area contributed by atoms with E-state index in [1.807, 2.05) is 0 Å². The third kappa shape index (κ3) is 22.5. The molecule has 0 aromatic rings. The Hall–Kier alpha value is 0.230. The van der Waals surface area contributed by atoms with Crippen molar-refractivity contribution in [3.8, 4) is 0 Å². The molecular weight excluding hydrogens is 169 g/mol. The maximum absolute atomic E-state index is 8.56. The van der Waals surface area contributed by atoms with E-state index >= 15 is 0 Å². The van der Waals surface area contributed by atoms with E-state index in [2.05, 4.69) is 25.7 Å². The van der Waals surface area contributed by atoms with Crippen LogP contribution < -0.4 is 0 Å². The quantitative estimate of drug-likeness (QED) is 0.645. The van der Waals surface area contributed by atoms with Gasteiger partial charge in [-0.2, -0.15) is 0 Å². The van der Waals surface area contributed by atoms with Crippen molar-refractivity contribution in [1.29, 1.82) is 0 Å². The summed E-state index contributed by atoms with van der Waals surface area (Å²) in [4.78, 5) is 10.9. The Bertz CT molecular complexity index is 87.1. The molecule has 0 aromatic heterocycles. The topological polar surface area (TPSA) is 60.8 Å². The first-order chi connectivity index (χ1) is 5.08. The minimum atomic E-state index is -1.83. The fourth-order valence-corrected chi connectivity index (χ4v) is 0.671. The predicted octanol–water partition coefficient (Wildman–Crippen LogP) is 0.922. The van der Waals surface area contributed by atoms with Gasteiger partial charge in [0.15, 0.2) is 0 Å². The molecule has 0 rings (SSSR count). The summed E-state index contributed by atoms with van der Waals surface area (Å²) >= 11 is 0. The molecule has 0 aromatic carbocycles. The number of hydrogen-bond donors (Lipinski definition) is 2. The molecule has 5 heteroatoms. The average molecular weight is 187 g/mol. The molecule has 0 saturated heterocycles. The first-order valence-electron chi connectivity index (χ1n) is 3.72. The van der Waals surface area contributed by atoms with Crippen molar-refractivity contribution in [3.05, 3.63) is 0 Å². The number of hydrogen-bond acceptors (Lipinski definition) is 2. The molecular formula is C7H18NNaO3. The van der Waals surface area contributed by atoms with E-state index in [1.54, 1.807) is 0 Å². The predicted molar refractivity (Wildman–Crippen MR) is 51.3 cm³/mol. The van der Waals surface area contributed by atoms with E-state index in [4.69, 9.17) is 15.0 Å². The van der Waals surface area contributed by atoms with Gasteiger partial charge in [0, 0.05) is 0 Å². The van der Waals surface area contributed by atoms with Crippen molar-refractivity contribution in [2.24, 2.45) is 0 Å². The van der Waals surface area contributed by atoms with E-state index in [-0.39, 0.29) is 29.6 Å². The molecule has 0 fully saturated rings.